The van der Waals surface area contributed by atoms with Gasteiger partial charge in [0, 0.05) is 25.1 Å². The maximum Gasteiger partial charge on any atom is 0.137 e. The molecule has 0 spiro atoms. The molecule has 0 N–H and O–H groups in total. The van der Waals surface area contributed by atoms with Crippen LogP contribution in [0, 0.1) is 12.8 Å². The zero-order chi connectivity index (χ0) is 12.4. The van der Waals surface area contributed by atoms with Gasteiger partial charge in [0.15, 0.2) is 0 Å². The maximum absolute atomic E-state index is 6.19. The summed E-state index contributed by atoms with van der Waals surface area (Å²) in [5.74, 6) is 2.66. The number of nitrogens with zero attached hydrogens (tertiary/aromatic N) is 3. The van der Waals surface area contributed by atoms with E-state index in [0.29, 0.717) is 5.15 Å². The van der Waals surface area contributed by atoms with E-state index < -0.39 is 0 Å². The van der Waals surface area contributed by atoms with Crippen LogP contribution >= 0.6 is 11.6 Å². The molecule has 1 unspecified atom stereocenters. The van der Waals surface area contributed by atoms with Crippen molar-refractivity contribution in [2.75, 3.05) is 18.0 Å². The molecule has 0 radical (unpaired) electrons. The number of hydrogen-bond donors (Lipinski definition) is 0. The van der Waals surface area contributed by atoms with Crippen LogP contribution in [0.3, 0.4) is 0 Å². The average Bonchev–Trinajstić information content (AvgIpc) is 2.70. The van der Waals surface area contributed by atoms with E-state index in [0.717, 1.165) is 49.1 Å². The van der Waals surface area contributed by atoms with Crippen molar-refractivity contribution in [2.24, 2.45) is 5.92 Å². The van der Waals surface area contributed by atoms with E-state index >= 15 is 0 Å². The molecule has 1 saturated heterocycles. The van der Waals surface area contributed by atoms with Crippen molar-refractivity contribution in [1.29, 1.82) is 0 Å². The summed E-state index contributed by atoms with van der Waals surface area (Å²) in [6.07, 6.45) is 3.19. The summed E-state index contributed by atoms with van der Waals surface area (Å²) in [6.45, 7) is 8.59. The molecule has 1 aromatic rings. The van der Waals surface area contributed by atoms with E-state index in [9.17, 15) is 0 Å². The first kappa shape index (κ1) is 12.6. The average molecular weight is 254 g/mol. The van der Waals surface area contributed by atoms with Crippen molar-refractivity contribution >= 4 is 17.4 Å². The lowest BCUT2D eigenvalue weighted by Gasteiger charge is -2.20. The number of hydrogen-bond acceptors (Lipinski definition) is 3. The molecule has 1 aliphatic rings. The summed E-state index contributed by atoms with van der Waals surface area (Å²) in [5, 5.41) is 0.609. The van der Waals surface area contributed by atoms with E-state index in [1.807, 2.05) is 6.92 Å². The van der Waals surface area contributed by atoms with Crippen molar-refractivity contribution in [3.63, 3.8) is 0 Å². The molecule has 0 aliphatic carbocycles. The van der Waals surface area contributed by atoms with Crippen molar-refractivity contribution in [3.8, 4) is 0 Å². The van der Waals surface area contributed by atoms with Gasteiger partial charge < -0.3 is 4.90 Å². The van der Waals surface area contributed by atoms with Gasteiger partial charge in [-0.3, -0.25) is 0 Å². The van der Waals surface area contributed by atoms with Crippen molar-refractivity contribution in [3.05, 3.63) is 16.5 Å². The van der Waals surface area contributed by atoms with Gasteiger partial charge >= 0.3 is 0 Å². The van der Waals surface area contributed by atoms with E-state index in [1.54, 1.807) is 0 Å². The fourth-order valence-electron chi connectivity index (χ4n) is 2.29. The Kier molecular flexibility index (Phi) is 3.87. The van der Waals surface area contributed by atoms with Gasteiger partial charge in [-0.2, -0.15) is 0 Å². The summed E-state index contributed by atoms with van der Waals surface area (Å²) >= 11 is 6.19. The van der Waals surface area contributed by atoms with E-state index in [2.05, 4.69) is 28.7 Å². The van der Waals surface area contributed by atoms with Crippen molar-refractivity contribution in [2.45, 2.75) is 40.0 Å². The minimum absolute atomic E-state index is 0.609. The molecule has 0 aromatic carbocycles. The number of rotatable bonds is 3. The van der Waals surface area contributed by atoms with Gasteiger partial charge in [-0.1, -0.05) is 25.4 Å². The third-order valence-corrected chi connectivity index (χ3v) is 3.67. The van der Waals surface area contributed by atoms with Gasteiger partial charge in [-0.05, 0) is 25.7 Å². The van der Waals surface area contributed by atoms with Crippen LogP contribution < -0.4 is 4.90 Å². The SMILES string of the molecule is CCCc1nc(Cl)c(C)c(N2CCC(C)C2)n1. The second kappa shape index (κ2) is 5.21. The Hall–Kier alpha value is -0.830. The van der Waals surface area contributed by atoms with Crippen molar-refractivity contribution < 1.29 is 0 Å². The first-order chi connectivity index (χ1) is 8.11. The Morgan fingerprint density at radius 3 is 2.76 bits per heavy atom. The molecule has 1 aliphatic heterocycles. The van der Waals surface area contributed by atoms with Crippen LogP contribution in [0.2, 0.25) is 5.15 Å². The number of aryl methyl sites for hydroxylation is 1. The van der Waals surface area contributed by atoms with E-state index in [-0.39, 0.29) is 0 Å². The highest BCUT2D eigenvalue weighted by Crippen LogP contribution is 2.28. The first-order valence-corrected chi connectivity index (χ1v) is 6.77. The van der Waals surface area contributed by atoms with Crippen LogP contribution in [-0.4, -0.2) is 23.1 Å². The Morgan fingerprint density at radius 2 is 2.18 bits per heavy atom. The lowest BCUT2D eigenvalue weighted by Crippen LogP contribution is -2.22. The molecule has 17 heavy (non-hydrogen) atoms. The molecule has 2 rings (SSSR count). The van der Waals surface area contributed by atoms with Gasteiger partial charge in [0.25, 0.3) is 0 Å². The third-order valence-electron chi connectivity index (χ3n) is 3.30. The van der Waals surface area contributed by atoms with Crippen LogP contribution in [0.15, 0.2) is 0 Å². The molecule has 0 amide bonds. The van der Waals surface area contributed by atoms with E-state index in [4.69, 9.17) is 11.6 Å². The molecular formula is C13H20ClN3. The van der Waals surface area contributed by atoms with E-state index in [1.165, 1.54) is 6.42 Å². The minimum atomic E-state index is 0.609. The molecule has 0 saturated carbocycles. The second-order valence-electron chi connectivity index (χ2n) is 4.97. The fourth-order valence-corrected chi connectivity index (χ4v) is 2.47. The highest BCUT2D eigenvalue weighted by Gasteiger charge is 2.23. The normalized spacial score (nSPS) is 20.0. The standard InChI is InChI=1S/C13H20ClN3/c1-4-5-11-15-12(14)10(3)13(16-11)17-7-6-9(2)8-17/h9H,4-8H2,1-3H3. The fraction of sp³-hybridized carbons (Fsp3) is 0.692. The molecule has 0 bridgehead atoms. The molecule has 4 heteroatoms. The van der Waals surface area contributed by atoms with Crippen LogP contribution in [0.1, 0.15) is 38.1 Å². The Labute approximate surface area is 108 Å². The number of aromatic nitrogens is 2. The molecule has 1 atom stereocenters. The lowest BCUT2D eigenvalue weighted by atomic mass is 10.2. The van der Waals surface area contributed by atoms with Crippen LogP contribution in [0.25, 0.3) is 0 Å². The van der Waals surface area contributed by atoms with Gasteiger partial charge in [-0.15, -0.1) is 0 Å². The Morgan fingerprint density at radius 1 is 1.41 bits per heavy atom. The molecule has 1 fully saturated rings. The highest BCUT2D eigenvalue weighted by molar-refractivity contribution is 6.30. The Bertz CT molecular complexity index is 406. The second-order valence-corrected chi connectivity index (χ2v) is 5.33. The zero-order valence-electron chi connectivity index (χ0n) is 10.8. The molecule has 2 heterocycles. The summed E-state index contributed by atoms with van der Waals surface area (Å²) in [6, 6.07) is 0. The van der Waals surface area contributed by atoms with Gasteiger partial charge in [0.05, 0.1) is 0 Å². The molecular weight excluding hydrogens is 234 g/mol. The Balaban J connectivity index is 2.31. The van der Waals surface area contributed by atoms with Gasteiger partial charge in [0.2, 0.25) is 0 Å². The monoisotopic (exact) mass is 253 g/mol. The molecule has 1 aromatic heterocycles. The minimum Gasteiger partial charge on any atom is -0.356 e. The summed E-state index contributed by atoms with van der Waals surface area (Å²) < 4.78 is 0. The predicted octanol–water partition coefficient (Wildman–Crippen LogP) is 3.24. The van der Waals surface area contributed by atoms with Crippen LogP contribution in [0.5, 0.6) is 0 Å². The van der Waals surface area contributed by atoms with Crippen LogP contribution in [-0.2, 0) is 6.42 Å². The lowest BCUT2D eigenvalue weighted by molar-refractivity contribution is 0.658. The summed E-state index contributed by atoms with van der Waals surface area (Å²) in [5.41, 5.74) is 1.01. The molecule has 94 valence electrons. The van der Waals surface area contributed by atoms with Gasteiger partial charge in [0.1, 0.15) is 16.8 Å². The highest BCUT2D eigenvalue weighted by atomic mass is 35.5. The number of halogens is 1. The molecule has 3 nitrogen and oxygen atoms in total. The smallest absolute Gasteiger partial charge is 0.137 e. The van der Waals surface area contributed by atoms with Crippen LogP contribution in [0.4, 0.5) is 5.82 Å². The van der Waals surface area contributed by atoms with Crippen molar-refractivity contribution in [1.82, 2.24) is 9.97 Å². The predicted molar refractivity (Wildman–Crippen MR) is 71.8 cm³/mol. The topological polar surface area (TPSA) is 29.0 Å². The first-order valence-electron chi connectivity index (χ1n) is 6.39. The summed E-state index contributed by atoms with van der Waals surface area (Å²) in [7, 11) is 0. The third kappa shape index (κ3) is 2.71. The number of anilines is 1. The zero-order valence-corrected chi connectivity index (χ0v) is 11.6. The van der Waals surface area contributed by atoms with Gasteiger partial charge in [-0.25, -0.2) is 9.97 Å². The maximum atomic E-state index is 6.19. The quantitative estimate of drug-likeness (QED) is 0.775. The summed E-state index contributed by atoms with van der Waals surface area (Å²) in [4.78, 5) is 11.4. The largest absolute Gasteiger partial charge is 0.356 e.